The van der Waals surface area contributed by atoms with Crippen LogP contribution in [0, 0.1) is 0 Å². The van der Waals surface area contributed by atoms with Gasteiger partial charge < -0.3 is 15.1 Å². The van der Waals surface area contributed by atoms with Gasteiger partial charge in [-0.2, -0.15) is 10.9 Å². The van der Waals surface area contributed by atoms with Crippen LogP contribution >= 0.6 is 23.1 Å². The van der Waals surface area contributed by atoms with Crippen LogP contribution in [0.25, 0.3) is 0 Å². The van der Waals surface area contributed by atoms with Gasteiger partial charge in [0.05, 0.1) is 0 Å². The van der Waals surface area contributed by atoms with E-state index in [1.165, 1.54) is 4.90 Å². The molecule has 0 spiro atoms. The van der Waals surface area contributed by atoms with Crippen molar-refractivity contribution in [1.82, 2.24) is 4.90 Å². The summed E-state index contributed by atoms with van der Waals surface area (Å²) >= 11 is 4.30. The van der Waals surface area contributed by atoms with Gasteiger partial charge in [-0.25, -0.2) is 4.79 Å². The van der Waals surface area contributed by atoms with Crippen LogP contribution in [0.2, 0.25) is 0 Å². The van der Waals surface area contributed by atoms with Gasteiger partial charge in [0.2, 0.25) is 0 Å². The lowest BCUT2D eigenvalue weighted by Gasteiger charge is -2.03. The molecule has 0 atom stereocenters. The molecule has 0 saturated carbocycles. The molecule has 12 heavy (non-hydrogen) atoms. The van der Waals surface area contributed by atoms with E-state index < -0.39 is 16.2 Å². The topological polar surface area (TPSA) is 60.8 Å². The lowest BCUT2D eigenvalue weighted by molar-refractivity contribution is 0.222. The second-order valence-corrected chi connectivity index (χ2v) is 4.89. The molecule has 6 heteroatoms. The molecule has 0 aliphatic rings. The molecular weight excluding hydrogens is 198 g/mol. The summed E-state index contributed by atoms with van der Waals surface area (Å²) in [6.45, 7) is 0. The minimum Gasteiger partial charge on any atom is -0.487 e. The van der Waals surface area contributed by atoms with Crippen molar-refractivity contribution in [3.8, 4) is 0 Å². The molecule has 0 heterocycles. The van der Waals surface area contributed by atoms with Gasteiger partial charge in [0, 0.05) is 14.1 Å². The van der Waals surface area contributed by atoms with Crippen molar-refractivity contribution in [1.29, 1.82) is 0 Å². The number of carboxylic acid groups (broad SMARTS) is 1. The van der Waals surface area contributed by atoms with Gasteiger partial charge in [-0.3, -0.25) is 0 Å². The van der Waals surface area contributed by atoms with E-state index in [0.29, 0.717) is 0 Å². The Bertz CT molecular complexity index is 141. The number of carbonyl (C=O) groups is 1. The molecule has 0 aromatic carbocycles. The second-order valence-electron chi connectivity index (χ2n) is 2.35. The molecule has 0 aliphatic heterocycles. The van der Waals surface area contributed by atoms with Crippen LogP contribution in [-0.4, -0.2) is 52.2 Å². The summed E-state index contributed by atoms with van der Waals surface area (Å²) in [4.78, 5) is 11.2. The Kier molecular flexibility index (Phi) is 8.41. The molecule has 0 amide bonds. The molecule has 74 valence electrons. The van der Waals surface area contributed by atoms with E-state index in [4.69, 9.17) is 10.2 Å². The Hall–Kier alpha value is -0.490. The van der Waals surface area contributed by atoms with Crippen LogP contribution in [0.5, 0.6) is 0 Å². The Balaban J connectivity index is 0. The predicted octanol–water partition coefficient (Wildman–Crippen LogP) is 1.32. The van der Waals surface area contributed by atoms with Crippen LogP contribution in [0.3, 0.4) is 0 Å². The molecule has 0 rings (SSSR count). The average Bonchev–Trinajstić information content (AvgIpc) is 1.88. The summed E-state index contributed by atoms with van der Waals surface area (Å²) in [5.74, 6) is 0. The summed E-state index contributed by atoms with van der Waals surface area (Å²) in [6, 6.07) is 0. The Morgan fingerprint density at radius 3 is 1.50 bits per heavy atom. The molecule has 0 fully saturated rings. The molecule has 0 aliphatic carbocycles. The first-order valence-corrected chi connectivity index (χ1v) is 5.74. The van der Waals surface area contributed by atoms with E-state index in [0.717, 1.165) is 0 Å². The molecule has 0 radical (unpaired) electrons. The number of nitrogens with zero attached hydrogens (tertiary/aromatic N) is 1. The highest BCUT2D eigenvalue weighted by Crippen LogP contribution is 2.11. The van der Waals surface area contributed by atoms with Crippen LogP contribution in [0.15, 0.2) is 0 Å². The number of hydrogen-bond donors (Lipinski definition) is 3. The molecule has 4 nitrogen and oxygen atoms in total. The summed E-state index contributed by atoms with van der Waals surface area (Å²) in [5, 5.41) is 15.6. The zero-order valence-electron chi connectivity index (χ0n) is 7.61. The second kappa shape index (κ2) is 7.17. The molecule has 0 bridgehead atoms. The highest BCUT2D eigenvalue weighted by Gasteiger charge is 1.93. The van der Waals surface area contributed by atoms with Crippen molar-refractivity contribution in [3.05, 3.63) is 0 Å². The molecular formula is C6H15NO3S2. The molecule has 2 N–H and O–H groups in total. The fraction of sp³-hybridized carbons (Fsp3) is 0.667. The zero-order chi connectivity index (χ0) is 10.3. The van der Waals surface area contributed by atoms with E-state index in [1.807, 2.05) is 0 Å². The lowest BCUT2D eigenvalue weighted by Crippen LogP contribution is -2.17. The quantitative estimate of drug-likeness (QED) is 0.418. The van der Waals surface area contributed by atoms with Gasteiger partial charge >= 0.3 is 5.30 Å². The standard InChI is InChI=1S/C3H7NOS.C3H8O2S/c1-4(2)3(5)6;1-6(2)3(4)5/h1-2H3,(H,5,6);6H,1-2H3,(H,4,5). The largest absolute Gasteiger partial charge is 0.487 e. The first-order chi connectivity index (χ1) is 5.29. The fourth-order valence-corrected chi connectivity index (χ4v) is 0. The predicted molar refractivity (Wildman–Crippen MR) is 57.8 cm³/mol. The number of aliphatic hydroxyl groups is 1. The monoisotopic (exact) mass is 213 g/mol. The summed E-state index contributed by atoms with van der Waals surface area (Å²) < 4.78 is 0. The number of thiol groups is 1. The minimum absolute atomic E-state index is 0.0741. The van der Waals surface area contributed by atoms with Crippen LogP contribution in [-0.2, 0) is 0 Å². The summed E-state index contributed by atoms with van der Waals surface area (Å²) in [5.41, 5.74) is 0. The van der Waals surface area contributed by atoms with Crippen molar-refractivity contribution in [2.45, 2.75) is 0 Å². The van der Waals surface area contributed by atoms with Gasteiger partial charge in [0.1, 0.15) is 0 Å². The SMILES string of the molecule is CN(C)C(O)=S.C[SH](C)C(=O)O. The van der Waals surface area contributed by atoms with Crippen molar-refractivity contribution in [2.24, 2.45) is 0 Å². The number of rotatable bonds is 0. The maximum atomic E-state index is 9.73. The third-order valence-electron chi connectivity index (χ3n) is 0.765. The minimum atomic E-state index is -0.743. The number of thiocarbonyl (C=S) groups is 1. The lowest BCUT2D eigenvalue weighted by atomic mass is 10.9. The molecule has 0 aromatic heterocycles. The smallest absolute Gasteiger partial charge is 0.344 e. The molecule has 0 saturated heterocycles. The van der Waals surface area contributed by atoms with E-state index in [2.05, 4.69) is 12.2 Å². The van der Waals surface area contributed by atoms with Gasteiger partial charge in [-0.1, -0.05) is 0 Å². The highest BCUT2D eigenvalue weighted by molar-refractivity contribution is 8.28. The normalized spacial score (nSPS) is 9.17. The van der Waals surface area contributed by atoms with Crippen LogP contribution < -0.4 is 0 Å². The molecule has 0 unspecified atom stereocenters. The van der Waals surface area contributed by atoms with E-state index in [9.17, 15) is 4.79 Å². The Morgan fingerprint density at radius 1 is 1.33 bits per heavy atom. The fourth-order valence-electron chi connectivity index (χ4n) is 0. The summed E-state index contributed by atoms with van der Waals surface area (Å²) in [7, 11) is 2.62. The van der Waals surface area contributed by atoms with E-state index in [-0.39, 0.29) is 5.17 Å². The van der Waals surface area contributed by atoms with E-state index in [1.54, 1.807) is 26.6 Å². The third-order valence-corrected chi connectivity index (χ3v) is 1.90. The van der Waals surface area contributed by atoms with Crippen molar-refractivity contribution in [3.63, 3.8) is 0 Å². The van der Waals surface area contributed by atoms with Gasteiger partial charge in [0.25, 0.3) is 5.17 Å². The maximum absolute atomic E-state index is 9.73. The van der Waals surface area contributed by atoms with Crippen molar-refractivity contribution < 1.29 is 15.0 Å². The van der Waals surface area contributed by atoms with Crippen LogP contribution in [0.1, 0.15) is 0 Å². The Labute approximate surface area is 80.5 Å². The Morgan fingerprint density at radius 2 is 1.50 bits per heavy atom. The van der Waals surface area contributed by atoms with E-state index >= 15 is 0 Å². The zero-order valence-corrected chi connectivity index (χ0v) is 9.32. The van der Waals surface area contributed by atoms with Gasteiger partial charge in [0.15, 0.2) is 0 Å². The maximum Gasteiger partial charge on any atom is 0.344 e. The highest BCUT2D eigenvalue weighted by atomic mass is 32.2. The first-order valence-electron chi connectivity index (χ1n) is 3.09. The average molecular weight is 213 g/mol. The number of hydrogen-bond acceptors (Lipinski definition) is 2. The number of aliphatic hydroxyl groups excluding tert-OH is 1. The van der Waals surface area contributed by atoms with Crippen LogP contribution in [0.4, 0.5) is 4.79 Å². The van der Waals surface area contributed by atoms with Crippen molar-refractivity contribution in [2.75, 3.05) is 26.6 Å². The third kappa shape index (κ3) is 12.2. The van der Waals surface area contributed by atoms with Gasteiger partial charge in [-0.05, 0) is 24.7 Å². The molecule has 0 aromatic rings. The van der Waals surface area contributed by atoms with Gasteiger partial charge in [-0.15, -0.1) is 0 Å². The first kappa shape index (κ1) is 14.1. The van der Waals surface area contributed by atoms with Crippen molar-refractivity contribution >= 4 is 33.6 Å². The summed E-state index contributed by atoms with van der Waals surface area (Å²) in [6.07, 6.45) is 3.41.